The van der Waals surface area contributed by atoms with E-state index in [-0.39, 0.29) is 11.7 Å². The van der Waals surface area contributed by atoms with E-state index in [0.717, 1.165) is 56.1 Å². The maximum absolute atomic E-state index is 14.1. The van der Waals surface area contributed by atoms with Gasteiger partial charge in [0, 0.05) is 44.7 Å². The quantitative estimate of drug-likeness (QED) is 0.457. The van der Waals surface area contributed by atoms with E-state index in [9.17, 15) is 9.18 Å². The summed E-state index contributed by atoms with van der Waals surface area (Å²) in [5, 5.41) is 4.84. The summed E-state index contributed by atoms with van der Waals surface area (Å²) in [6.07, 6.45) is 2.09. The molecule has 7 heteroatoms. The molecule has 6 nitrogen and oxygen atoms in total. The Morgan fingerprint density at radius 3 is 2.49 bits per heavy atom. The van der Waals surface area contributed by atoms with Gasteiger partial charge in [-0.3, -0.25) is 4.79 Å². The minimum atomic E-state index is -0.287. The van der Waals surface area contributed by atoms with E-state index in [1.807, 2.05) is 40.8 Å². The third kappa shape index (κ3) is 6.09. The maximum Gasteiger partial charge on any atom is 0.223 e. The lowest BCUT2D eigenvalue weighted by atomic mass is 10.1. The van der Waals surface area contributed by atoms with Crippen molar-refractivity contribution in [3.05, 3.63) is 77.2 Å². The number of carbonyl (C=O) groups is 1. The minimum absolute atomic E-state index is 0.151. The van der Waals surface area contributed by atoms with Crippen LogP contribution in [0.15, 0.2) is 54.6 Å². The van der Waals surface area contributed by atoms with Crippen molar-refractivity contribution in [2.24, 2.45) is 0 Å². The number of carbonyl (C=O) groups excluding carboxylic acids is 1. The number of hydrogen-bond acceptors (Lipinski definition) is 4. The molecule has 1 aromatic heterocycles. The predicted molar refractivity (Wildman–Crippen MR) is 138 cm³/mol. The number of piperazine rings is 1. The first-order valence-electron chi connectivity index (χ1n) is 12.6. The first-order valence-corrected chi connectivity index (χ1v) is 12.6. The number of benzene rings is 2. The lowest BCUT2D eigenvalue weighted by molar-refractivity contribution is -0.131. The standard InChI is InChI=1S/C28H36FN5O/c1-4-15-33(27(35)14-13-23-9-6-5-7-10-23)21-26-22(2)30-34(25-12-8-11-24(29)20-25)28(26)32-18-16-31(3)17-19-32/h5-12,20H,4,13-19,21H2,1-3H3. The third-order valence-electron chi connectivity index (χ3n) is 6.68. The molecule has 2 aromatic carbocycles. The molecule has 0 aliphatic carbocycles. The Labute approximate surface area is 207 Å². The zero-order valence-corrected chi connectivity index (χ0v) is 21.1. The molecule has 0 atom stereocenters. The fraction of sp³-hybridized carbons (Fsp3) is 0.429. The van der Waals surface area contributed by atoms with Crippen molar-refractivity contribution in [3.63, 3.8) is 0 Å². The third-order valence-corrected chi connectivity index (χ3v) is 6.68. The Kier molecular flexibility index (Phi) is 8.18. The fourth-order valence-electron chi connectivity index (χ4n) is 4.67. The summed E-state index contributed by atoms with van der Waals surface area (Å²) in [5.74, 6) is 0.835. The molecule has 0 radical (unpaired) electrons. The van der Waals surface area contributed by atoms with Crippen molar-refractivity contribution in [1.29, 1.82) is 0 Å². The van der Waals surface area contributed by atoms with Gasteiger partial charge in [0.25, 0.3) is 0 Å². The van der Waals surface area contributed by atoms with Gasteiger partial charge in [-0.25, -0.2) is 9.07 Å². The Hall–Kier alpha value is -3.19. The van der Waals surface area contributed by atoms with Crippen molar-refractivity contribution in [1.82, 2.24) is 19.6 Å². The highest BCUT2D eigenvalue weighted by Crippen LogP contribution is 2.30. The smallest absolute Gasteiger partial charge is 0.223 e. The largest absolute Gasteiger partial charge is 0.354 e. The van der Waals surface area contributed by atoms with Gasteiger partial charge in [-0.2, -0.15) is 5.10 Å². The summed E-state index contributed by atoms with van der Waals surface area (Å²) in [4.78, 5) is 19.9. The second kappa shape index (κ2) is 11.5. The number of aromatic nitrogens is 2. The highest BCUT2D eigenvalue weighted by Gasteiger charge is 2.27. The molecule has 1 fully saturated rings. The number of halogens is 1. The Balaban J connectivity index is 1.64. The van der Waals surface area contributed by atoms with Crippen LogP contribution in [0.25, 0.3) is 5.69 Å². The van der Waals surface area contributed by atoms with Crippen molar-refractivity contribution < 1.29 is 9.18 Å². The first-order chi connectivity index (χ1) is 17.0. The molecule has 1 amide bonds. The topological polar surface area (TPSA) is 44.6 Å². The molecule has 1 saturated heterocycles. The second-order valence-corrected chi connectivity index (χ2v) is 9.37. The van der Waals surface area contributed by atoms with Gasteiger partial charge in [0.1, 0.15) is 11.6 Å². The normalized spacial score (nSPS) is 14.3. The summed E-state index contributed by atoms with van der Waals surface area (Å²) in [6, 6.07) is 16.7. The molecule has 1 aliphatic heterocycles. The summed E-state index contributed by atoms with van der Waals surface area (Å²) in [7, 11) is 2.13. The van der Waals surface area contributed by atoms with Gasteiger partial charge in [0.15, 0.2) is 0 Å². The van der Waals surface area contributed by atoms with Crippen molar-refractivity contribution >= 4 is 11.7 Å². The molecule has 4 rings (SSSR count). The van der Waals surface area contributed by atoms with Crippen LogP contribution in [0.5, 0.6) is 0 Å². The van der Waals surface area contributed by atoms with E-state index in [1.165, 1.54) is 17.7 Å². The van der Waals surface area contributed by atoms with Gasteiger partial charge >= 0.3 is 0 Å². The van der Waals surface area contributed by atoms with Crippen LogP contribution in [0.1, 0.15) is 36.6 Å². The number of rotatable bonds is 9. The number of anilines is 1. The number of amides is 1. The monoisotopic (exact) mass is 477 g/mol. The molecule has 0 N–H and O–H groups in total. The van der Waals surface area contributed by atoms with Crippen LogP contribution in [0.4, 0.5) is 10.2 Å². The van der Waals surface area contributed by atoms with E-state index >= 15 is 0 Å². The van der Waals surface area contributed by atoms with Gasteiger partial charge in [-0.1, -0.05) is 43.3 Å². The highest BCUT2D eigenvalue weighted by atomic mass is 19.1. The molecular weight excluding hydrogens is 441 g/mol. The SMILES string of the molecule is CCCN(Cc1c(C)nn(-c2cccc(F)c2)c1N1CCN(C)CC1)C(=O)CCc1ccccc1. The number of nitrogens with zero attached hydrogens (tertiary/aromatic N) is 5. The second-order valence-electron chi connectivity index (χ2n) is 9.37. The van der Waals surface area contributed by atoms with Gasteiger partial charge < -0.3 is 14.7 Å². The molecule has 35 heavy (non-hydrogen) atoms. The Bertz CT molecular complexity index is 1120. The molecule has 186 valence electrons. The lowest BCUT2D eigenvalue weighted by Crippen LogP contribution is -2.45. The number of aryl methyl sites for hydroxylation is 2. The number of hydrogen-bond donors (Lipinski definition) is 0. The fourth-order valence-corrected chi connectivity index (χ4v) is 4.67. The zero-order valence-electron chi connectivity index (χ0n) is 21.1. The van der Waals surface area contributed by atoms with Crippen molar-refractivity contribution in [2.45, 2.75) is 39.7 Å². The minimum Gasteiger partial charge on any atom is -0.354 e. The summed E-state index contributed by atoms with van der Waals surface area (Å²) >= 11 is 0. The van der Waals surface area contributed by atoms with Crippen molar-refractivity contribution in [2.75, 3.05) is 44.7 Å². The van der Waals surface area contributed by atoms with E-state index in [2.05, 4.69) is 35.9 Å². The summed E-state index contributed by atoms with van der Waals surface area (Å²) in [5.41, 5.74) is 3.79. The van der Waals surface area contributed by atoms with Crippen LogP contribution in [0.3, 0.4) is 0 Å². The maximum atomic E-state index is 14.1. The molecule has 0 spiro atoms. The molecule has 3 aromatic rings. The average molecular weight is 478 g/mol. The van der Waals surface area contributed by atoms with Crippen LogP contribution in [-0.4, -0.2) is 65.3 Å². The van der Waals surface area contributed by atoms with Crippen LogP contribution in [0.2, 0.25) is 0 Å². The first kappa shape index (κ1) is 24.9. The molecule has 1 aliphatic rings. The van der Waals surface area contributed by atoms with Gasteiger partial charge in [-0.15, -0.1) is 0 Å². The van der Waals surface area contributed by atoms with Crippen LogP contribution < -0.4 is 4.90 Å². The zero-order chi connectivity index (χ0) is 24.8. The van der Waals surface area contributed by atoms with Crippen LogP contribution >= 0.6 is 0 Å². The van der Waals surface area contributed by atoms with Crippen LogP contribution in [-0.2, 0) is 17.8 Å². The van der Waals surface area contributed by atoms with Crippen molar-refractivity contribution in [3.8, 4) is 5.69 Å². The van der Waals surface area contributed by atoms with E-state index in [4.69, 9.17) is 5.10 Å². The van der Waals surface area contributed by atoms with E-state index in [0.29, 0.717) is 25.2 Å². The summed E-state index contributed by atoms with van der Waals surface area (Å²) in [6.45, 7) is 8.90. The Morgan fingerprint density at radius 1 is 1.06 bits per heavy atom. The van der Waals surface area contributed by atoms with E-state index < -0.39 is 0 Å². The van der Waals surface area contributed by atoms with Gasteiger partial charge in [0.2, 0.25) is 5.91 Å². The molecule has 0 saturated carbocycles. The van der Waals surface area contributed by atoms with Gasteiger partial charge in [0.05, 0.1) is 17.9 Å². The summed E-state index contributed by atoms with van der Waals surface area (Å²) < 4.78 is 16.0. The Morgan fingerprint density at radius 2 is 1.80 bits per heavy atom. The lowest BCUT2D eigenvalue weighted by Gasteiger charge is -2.35. The average Bonchev–Trinajstić information content (AvgIpc) is 3.19. The predicted octanol–water partition coefficient (Wildman–Crippen LogP) is 4.44. The van der Waals surface area contributed by atoms with Gasteiger partial charge in [-0.05, 0) is 50.6 Å². The highest BCUT2D eigenvalue weighted by molar-refractivity contribution is 5.77. The van der Waals surface area contributed by atoms with E-state index in [1.54, 1.807) is 6.07 Å². The number of likely N-dealkylation sites (N-methyl/N-ethyl adjacent to an activating group) is 1. The molecule has 0 unspecified atom stereocenters. The molecule has 2 heterocycles. The van der Waals surface area contributed by atoms with Crippen LogP contribution in [0, 0.1) is 12.7 Å². The molecule has 0 bridgehead atoms. The molecular formula is C28H36FN5O.